The fourth-order valence-electron chi connectivity index (χ4n) is 2.07. The van der Waals surface area contributed by atoms with E-state index in [2.05, 4.69) is 26.8 Å². The molecule has 0 atom stereocenters. The monoisotopic (exact) mass is 244 g/mol. The van der Waals surface area contributed by atoms with Gasteiger partial charge in [0.2, 0.25) is 0 Å². The molecular formula is C13H16N4O. The zero-order chi connectivity index (χ0) is 12.4. The summed E-state index contributed by atoms with van der Waals surface area (Å²) in [5, 5.41) is 0. The first-order valence-electron chi connectivity index (χ1n) is 6.32. The van der Waals surface area contributed by atoms with Gasteiger partial charge >= 0.3 is 0 Å². The minimum absolute atomic E-state index is 0.735. The molecule has 1 aliphatic heterocycles. The van der Waals surface area contributed by atoms with Crippen molar-refractivity contribution in [3.05, 3.63) is 24.0 Å². The van der Waals surface area contributed by atoms with Crippen molar-refractivity contribution in [3.8, 4) is 0 Å². The van der Waals surface area contributed by atoms with Crippen molar-refractivity contribution in [2.75, 3.05) is 31.2 Å². The molecule has 0 amide bonds. The van der Waals surface area contributed by atoms with Crippen molar-refractivity contribution < 1.29 is 4.74 Å². The van der Waals surface area contributed by atoms with Crippen LogP contribution >= 0.6 is 0 Å². The molecule has 0 radical (unpaired) electrons. The van der Waals surface area contributed by atoms with Crippen LogP contribution in [0, 0.1) is 0 Å². The molecule has 5 heteroatoms. The molecule has 1 saturated heterocycles. The summed E-state index contributed by atoms with van der Waals surface area (Å²) >= 11 is 0. The number of pyridine rings is 1. The van der Waals surface area contributed by atoms with Crippen LogP contribution in [0.3, 0.4) is 0 Å². The summed E-state index contributed by atoms with van der Waals surface area (Å²) in [4.78, 5) is 15.7. The third kappa shape index (κ3) is 2.13. The van der Waals surface area contributed by atoms with Crippen molar-refractivity contribution in [3.63, 3.8) is 0 Å². The number of hydrogen-bond acceptors (Lipinski definition) is 5. The molecule has 3 rings (SSSR count). The molecule has 0 saturated carbocycles. The second kappa shape index (κ2) is 4.86. The Labute approximate surface area is 106 Å². The Morgan fingerprint density at radius 3 is 2.83 bits per heavy atom. The smallest absolute Gasteiger partial charge is 0.180 e. The lowest BCUT2D eigenvalue weighted by molar-refractivity contribution is 0.122. The number of morpholine rings is 1. The van der Waals surface area contributed by atoms with E-state index in [1.54, 1.807) is 0 Å². The van der Waals surface area contributed by atoms with Gasteiger partial charge in [0, 0.05) is 18.8 Å². The fourth-order valence-corrected chi connectivity index (χ4v) is 2.07. The first-order chi connectivity index (χ1) is 8.86. The molecule has 0 aromatic carbocycles. The first kappa shape index (κ1) is 11.3. The minimum Gasteiger partial charge on any atom is -0.378 e. The number of aromatic nitrogens is 3. The fraction of sp³-hybridized carbons (Fsp3) is 0.462. The summed E-state index contributed by atoms with van der Waals surface area (Å²) in [7, 11) is 0. The van der Waals surface area contributed by atoms with Crippen molar-refractivity contribution >= 4 is 17.0 Å². The SMILES string of the molecule is CCc1ccc2ncc(N3CCOCC3)nc2n1. The summed E-state index contributed by atoms with van der Waals surface area (Å²) in [5.41, 5.74) is 2.64. The predicted molar refractivity (Wildman–Crippen MR) is 69.7 cm³/mol. The summed E-state index contributed by atoms with van der Waals surface area (Å²) in [5.74, 6) is 0.895. The van der Waals surface area contributed by atoms with E-state index in [0.717, 1.165) is 55.4 Å². The van der Waals surface area contributed by atoms with E-state index in [-0.39, 0.29) is 0 Å². The van der Waals surface area contributed by atoms with Gasteiger partial charge in [0.25, 0.3) is 0 Å². The van der Waals surface area contributed by atoms with Crippen molar-refractivity contribution in [2.45, 2.75) is 13.3 Å². The van der Waals surface area contributed by atoms with Gasteiger partial charge in [-0.25, -0.2) is 15.0 Å². The van der Waals surface area contributed by atoms with Gasteiger partial charge in [-0.05, 0) is 18.6 Å². The Morgan fingerprint density at radius 2 is 2.06 bits per heavy atom. The molecule has 3 heterocycles. The van der Waals surface area contributed by atoms with Crippen LogP contribution in [0.2, 0.25) is 0 Å². The van der Waals surface area contributed by atoms with Crippen LogP contribution < -0.4 is 4.90 Å². The number of hydrogen-bond donors (Lipinski definition) is 0. The van der Waals surface area contributed by atoms with E-state index in [9.17, 15) is 0 Å². The van der Waals surface area contributed by atoms with Gasteiger partial charge in [0.1, 0.15) is 11.3 Å². The second-order valence-electron chi connectivity index (χ2n) is 4.33. The average Bonchev–Trinajstić information content (AvgIpc) is 2.47. The number of rotatable bonds is 2. The standard InChI is InChI=1S/C13H16N4O/c1-2-10-3-4-11-13(15-10)16-12(9-14-11)17-5-7-18-8-6-17/h3-4,9H,2,5-8H2,1H3. The molecule has 2 aromatic heterocycles. The van der Waals surface area contributed by atoms with E-state index in [4.69, 9.17) is 4.74 Å². The molecule has 0 unspecified atom stereocenters. The zero-order valence-electron chi connectivity index (χ0n) is 10.5. The number of anilines is 1. The second-order valence-corrected chi connectivity index (χ2v) is 4.33. The predicted octanol–water partition coefficient (Wildman–Crippen LogP) is 1.42. The summed E-state index contributed by atoms with van der Waals surface area (Å²) < 4.78 is 5.34. The van der Waals surface area contributed by atoms with Crippen molar-refractivity contribution in [1.29, 1.82) is 0 Å². The highest BCUT2D eigenvalue weighted by Gasteiger charge is 2.13. The van der Waals surface area contributed by atoms with Crippen LogP contribution in [0.4, 0.5) is 5.82 Å². The van der Waals surface area contributed by atoms with Crippen molar-refractivity contribution in [1.82, 2.24) is 15.0 Å². The lowest BCUT2D eigenvalue weighted by Gasteiger charge is -2.27. The Morgan fingerprint density at radius 1 is 1.22 bits per heavy atom. The van der Waals surface area contributed by atoms with Gasteiger partial charge in [-0.3, -0.25) is 0 Å². The van der Waals surface area contributed by atoms with E-state index in [0.29, 0.717) is 0 Å². The van der Waals surface area contributed by atoms with E-state index in [1.807, 2.05) is 18.3 Å². The Kier molecular flexibility index (Phi) is 3.06. The summed E-state index contributed by atoms with van der Waals surface area (Å²) in [6.07, 6.45) is 2.74. The molecule has 0 N–H and O–H groups in total. The largest absolute Gasteiger partial charge is 0.378 e. The van der Waals surface area contributed by atoms with Gasteiger partial charge in [-0.2, -0.15) is 0 Å². The van der Waals surface area contributed by atoms with Crippen LogP contribution in [0.15, 0.2) is 18.3 Å². The maximum Gasteiger partial charge on any atom is 0.180 e. The molecule has 5 nitrogen and oxygen atoms in total. The molecular weight excluding hydrogens is 228 g/mol. The molecule has 18 heavy (non-hydrogen) atoms. The van der Waals surface area contributed by atoms with E-state index >= 15 is 0 Å². The van der Waals surface area contributed by atoms with Crippen LogP contribution in [0.25, 0.3) is 11.2 Å². The minimum atomic E-state index is 0.735. The summed E-state index contributed by atoms with van der Waals surface area (Å²) in [6, 6.07) is 3.99. The molecule has 94 valence electrons. The molecule has 1 fully saturated rings. The maximum absolute atomic E-state index is 5.34. The van der Waals surface area contributed by atoms with Gasteiger partial charge in [0.15, 0.2) is 5.65 Å². The third-order valence-electron chi connectivity index (χ3n) is 3.15. The van der Waals surface area contributed by atoms with Gasteiger partial charge in [-0.1, -0.05) is 6.92 Å². The highest BCUT2D eigenvalue weighted by Crippen LogP contribution is 2.15. The first-order valence-corrected chi connectivity index (χ1v) is 6.32. The third-order valence-corrected chi connectivity index (χ3v) is 3.15. The molecule has 0 aliphatic carbocycles. The molecule has 1 aliphatic rings. The van der Waals surface area contributed by atoms with Crippen LogP contribution in [-0.2, 0) is 11.2 Å². The van der Waals surface area contributed by atoms with E-state index in [1.165, 1.54) is 0 Å². The van der Waals surface area contributed by atoms with Crippen molar-refractivity contribution in [2.24, 2.45) is 0 Å². The number of fused-ring (bicyclic) bond motifs is 1. The van der Waals surface area contributed by atoms with Gasteiger partial charge in [-0.15, -0.1) is 0 Å². The van der Waals surface area contributed by atoms with Crippen LogP contribution in [0.5, 0.6) is 0 Å². The van der Waals surface area contributed by atoms with Crippen LogP contribution in [-0.4, -0.2) is 41.3 Å². The highest BCUT2D eigenvalue weighted by molar-refractivity contribution is 5.71. The quantitative estimate of drug-likeness (QED) is 0.799. The van der Waals surface area contributed by atoms with Gasteiger partial charge in [0.05, 0.1) is 19.4 Å². The number of ether oxygens (including phenoxy) is 1. The number of nitrogens with zero attached hydrogens (tertiary/aromatic N) is 4. The Balaban J connectivity index is 1.97. The van der Waals surface area contributed by atoms with Gasteiger partial charge < -0.3 is 9.64 Å². The van der Waals surface area contributed by atoms with E-state index < -0.39 is 0 Å². The Hall–Kier alpha value is -1.75. The molecule has 0 spiro atoms. The lowest BCUT2D eigenvalue weighted by Crippen LogP contribution is -2.36. The normalized spacial score (nSPS) is 16.2. The Bertz CT molecular complexity index is 552. The average molecular weight is 244 g/mol. The topological polar surface area (TPSA) is 51.1 Å². The lowest BCUT2D eigenvalue weighted by atomic mass is 10.3. The zero-order valence-corrected chi connectivity index (χ0v) is 10.5. The maximum atomic E-state index is 5.34. The molecule has 2 aromatic rings. The number of aryl methyl sites for hydroxylation is 1. The summed E-state index contributed by atoms with van der Waals surface area (Å²) in [6.45, 7) is 5.33. The molecule has 0 bridgehead atoms. The highest BCUT2D eigenvalue weighted by atomic mass is 16.5. The van der Waals surface area contributed by atoms with Crippen LogP contribution in [0.1, 0.15) is 12.6 Å².